The Labute approximate surface area is 203 Å². The van der Waals surface area contributed by atoms with Crippen molar-refractivity contribution < 1.29 is 27.9 Å². The highest BCUT2D eigenvalue weighted by atomic mass is 32.2. The normalized spacial score (nSPS) is 13.0. The van der Waals surface area contributed by atoms with Crippen LogP contribution >= 0.6 is 0 Å². The van der Waals surface area contributed by atoms with Crippen molar-refractivity contribution in [1.29, 1.82) is 0 Å². The second-order valence-corrected chi connectivity index (χ2v) is 10.6. The van der Waals surface area contributed by atoms with Crippen LogP contribution in [0.3, 0.4) is 0 Å². The van der Waals surface area contributed by atoms with Gasteiger partial charge in [0, 0.05) is 31.1 Å². The number of rotatable bonds is 10. The number of ether oxygens (including phenoxy) is 2. The maximum absolute atomic E-state index is 12.6. The molecular formula is C24H27N3O7S. The van der Waals surface area contributed by atoms with Crippen LogP contribution in [-0.4, -0.2) is 47.2 Å². The van der Waals surface area contributed by atoms with Gasteiger partial charge in [-0.3, -0.25) is 14.8 Å². The number of aromatic nitrogens is 2. The molecule has 2 heterocycles. The third-order valence-corrected chi connectivity index (χ3v) is 7.86. The number of hydrogen-bond donors (Lipinski definition) is 2. The van der Waals surface area contributed by atoms with Crippen LogP contribution in [-0.2, 0) is 27.8 Å². The van der Waals surface area contributed by atoms with E-state index in [0.29, 0.717) is 23.8 Å². The second kappa shape index (κ2) is 10.7. The van der Waals surface area contributed by atoms with Gasteiger partial charge in [0.25, 0.3) is 11.5 Å². The van der Waals surface area contributed by atoms with Crippen LogP contribution in [0.15, 0.2) is 65.7 Å². The Kier molecular flexibility index (Phi) is 7.92. The van der Waals surface area contributed by atoms with Crippen molar-refractivity contribution in [3.63, 3.8) is 0 Å². The van der Waals surface area contributed by atoms with E-state index < -0.39 is 20.5 Å². The molecule has 0 radical (unpaired) electrons. The molecule has 35 heavy (non-hydrogen) atoms. The largest absolute Gasteiger partial charge is 0.487 e. The van der Waals surface area contributed by atoms with E-state index in [4.69, 9.17) is 14.7 Å². The molecule has 0 unspecified atom stereocenters. The lowest BCUT2D eigenvalue weighted by Gasteiger charge is -2.25. The molecule has 11 heteroatoms. The summed E-state index contributed by atoms with van der Waals surface area (Å²) in [6.07, 6.45) is 3.86. The molecule has 186 valence electrons. The standard InChI is InChI=1S/C24H27N3O7S/c1-24(23(29)26-30,35(3,31)32)11-13-27-12-10-19(14-22(27)28)18-6-4-17(5-7-18)16-34-20-8-9-21(33-2)25-15-20/h4-10,12,14-15,30H,11,13,16H2,1-3H3,(H,26,29)/t24-/m1/s1. The average Bonchev–Trinajstić information content (AvgIpc) is 2.86. The van der Waals surface area contributed by atoms with Gasteiger partial charge < -0.3 is 14.0 Å². The lowest BCUT2D eigenvalue weighted by Crippen LogP contribution is -2.49. The maximum Gasteiger partial charge on any atom is 0.264 e. The summed E-state index contributed by atoms with van der Waals surface area (Å²) in [4.78, 5) is 28.7. The Bertz CT molecular complexity index is 1340. The fourth-order valence-corrected chi connectivity index (χ4v) is 4.17. The number of carbonyl (C=O) groups is 1. The van der Waals surface area contributed by atoms with Crippen LogP contribution < -0.4 is 20.5 Å². The maximum atomic E-state index is 12.6. The highest BCUT2D eigenvalue weighted by molar-refractivity contribution is 7.92. The van der Waals surface area contributed by atoms with Crippen molar-refractivity contribution in [3.8, 4) is 22.8 Å². The molecule has 1 amide bonds. The minimum atomic E-state index is -3.85. The predicted molar refractivity (Wildman–Crippen MR) is 129 cm³/mol. The van der Waals surface area contributed by atoms with Crippen LogP contribution in [0.2, 0.25) is 0 Å². The molecule has 1 atom stereocenters. The quantitative estimate of drug-likeness (QED) is 0.319. The average molecular weight is 502 g/mol. The van der Waals surface area contributed by atoms with Crippen LogP contribution in [0.25, 0.3) is 11.1 Å². The summed E-state index contributed by atoms with van der Waals surface area (Å²) in [5.41, 5.74) is 3.50. The third kappa shape index (κ3) is 6.06. The van der Waals surface area contributed by atoms with Crippen molar-refractivity contribution in [1.82, 2.24) is 15.0 Å². The molecule has 2 aromatic heterocycles. The number of amides is 1. The van der Waals surface area contributed by atoms with Gasteiger partial charge in [0.05, 0.1) is 13.3 Å². The van der Waals surface area contributed by atoms with E-state index >= 15 is 0 Å². The number of hydroxylamine groups is 1. The Hall–Kier alpha value is -3.70. The lowest BCUT2D eigenvalue weighted by molar-refractivity contribution is -0.131. The lowest BCUT2D eigenvalue weighted by atomic mass is 10.0. The number of hydrogen-bond acceptors (Lipinski definition) is 8. The van der Waals surface area contributed by atoms with Gasteiger partial charge in [-0.05, 0) is 42.2 Å². The Balaban J connectivity index is 1.67. The van der Waals surface area contributed by atoms with Crippen molar-refractivity contribution in [3.05, 3.63) is 76.8 Å². The number of methoxy groups -OCH3 is 1. The Morgan fingerprint density at radius 1 is 1.14 bits per heavy atom. The third-order valence-electron chi connectivity index (χ3n) is 5.84. The fraction of sp³-hybridized carbons (Fsp3) is 0.292. The summed E-state index contributed by atoms with van der Waals surface area (Å²) in [6.45, 7) is 1.53. The van der Waals surface area contributed by atoms with Gasteiger partial charge in [-0.1, -0.05) is 24.3 Å². The van der Waals surface area contributed by atoms with Crippen molar-refractivity contribution in [2.75, 3.05) is 13.4 Å². The number of nitrogens with one attached hydrogen (secondary N) is 1. The number of benzene rings is 1. The van der Waals surface area contributed by atoms with Gasteiger partial charge in [0.1, 0.15) is 12.4 Å². The second-order valence-electron chi connectivity index (χ2n) is 8.16. The molecule has 0 aliphatic heterocycles. The van der Waals surface area contributed by atoms with E-state index in [1.54, 1.807) is 37.7 Å². The Morgan fingerprint density at radius 3 is 2.40 bits per heavy atom. The van der Waals surface area contributed by atoms with E-state index in [0.717, 1.165) is 17.4 Å². The summed E-state index contributed by atoms with van der Waals surface area (Å²) in [6, 6.07) is 14.2. The first-order chi connectivity index (χ1) is 16.6. The molecular weight excluding hydrogens is 474 g/mol. The summed E-state index contributed by atoms with van der Waals surface area (Å²) in [7, 11) is -2.30. The van der Waals surface area contributed by atoms with E-state index in [9.17, 15) is 18.0 Å². The molecule has 3 aromatic rings. The number of pyridine rings is 2. The molecule has 0 saturated heterocycles. The monoisotopic (exact) mass is 501 g/mol. The number of aryl methyl sites for hydroxylation is 1. The smallest absolute Gasteiger partial charge is 0.264 e. The van der Waals surface area contributed by atoms with Crippen LogP contribution in [0.5, 0.6) is 11.6 Å². The zero-order valence-corrected chi connectivity index (χ0v) is 20.4. The van der Waals surface area contributed by atoms with Gasteiger partial charge in [-0.25, -0.2) is 18.9 Å². The highest BCUT2D eigenvalue weighted by Gasteiger charge is 2.43. The summed E-state index contributed by atoms with van der Waals surface area (Å²) < 4.78 is 34.4. The van der Waals surface area contributed by atoms with Gasteiger partial charge in [0.15, 0.2) is 14.6 Å². The predicted octanol–water partition coefficient (Wildman–Crippen LogP) is 2.20. The van der Waals surface area contributed by atoms with E-state index in [1.807, 2.05) is 24.3 Å². The minimum absolute atomic E-state index is 0.0212. The zero-order chi connectivity index (χ0) is 25.6. The topological polar surface area (TPSA) is 137 Å². The summed E-state index contributed by atoms with van der Waals surface area (Å²) in [5, 5.41) is 8.93. The van der Waals surface area contributed by atoms with E-state index in [1.165, 1.54) is 23.0 Å². The van der Waals surface area contributed by atoms with Gasteiger partial charge >= 0.3 is 0 Å². The molecule has 1 aromatic carbocycles. The van der Waals surface area contributed by atoms with Crippen LogP contribution in [0, 0.1) is 0 Å². The van der Waals surface area contributed by atoms with Crippen LogP contribution in [0.4, 0.5) is 0 Å². The van der Waals surface area contributed by atoms with E-state index in [2.05, 4.69) is 4.98 Å². The van der Waals surface area contributed by atoms with Crippen molar-refractivity contribution in [2.24, 2.45) is 0 Å². The molecule has 0 aliphatic carbocycles. The number of nitrogens with zero attached hydrogens (tertiary/aromatic N) is 2. The Morgan fingerprint density at radius 2 is 1.86 bits per heavy atom. The first-order valence-corrected chi connectivity index (χ1v) is 12.5. The van der Waals surface area contributed by atoms with Crippen molar-refractivity contribution >= 4 is 15.7 Å². The molecule has 2 N–H and O–H groups in total. The first kappa shape index (κ1) is 25.9. The number of carbonyl (C=O) groups excluding carboxylic acids is 1. The highest BCUT2D eigenvalue weighted by Crippen LogP contribution is 2.23. The van der Waals surface area contributed by atoms with Gasteiger partial charge in [-0.15, -0.1) is 0 Å². The molecule has 0 bridgehead atoms. The molecule has 3 rings (SSSR count). The fourth-order valence-electron chi connectivity index (χ4n) is 3.32. The minimum Gasteiger partial charge on any atom is -0.487 e. The molecule has 0 spiro atoms. The molecule has 10 nitrogen and oxygen atoms in total. The molecule has 0 saturated carbocycles. The number of sulfone groups is 1. The summed E-state index contributed by atoms with van der Waals surface area (Å²) >= 11 is 0. The van der Waals surface area contributed by atoms with Crippen LogP contribution in [0.1, 0.15) is 18.9 Å². The summed E-state index contributed by atoms with van der Waals surface area (Å²) in [5.74, 6) is 0.0719. The first-order valence-electron chi connectivity index (χ1n) is 10.6. The van der Waals surface area contributed by atoms with Gasteiger partial charge in [0.2, 0.25) is 5.88 Å². The van der Waals surface area contributed by atoms with Crippen molar-refractivity contribution in [2.45, 2.75) is 31.2 Å². The SMILES string of the molecule is COc1ccc(OCc2ccc(-c3ccn(CC[C@](C)(C(=O)NO)S(C)(=O)=O)c(=O)c3)cc2)cn1. The molecule has 0 fully saturated rings. The molecule has 0 aliphatic rings. The zero-order valence-electron chi connectivity index (χ0n) is 19.6. The van der Waals surface area contributed by atoms with E-state index in [-0.39, 0.29) is 18.5 Å². The van der Waals surface area contributed by atoms with Gasteiger partial charge in [-0.2, -0.15) is 0 Å².